The number of benzene rings is 1. The monoisotopic (exact) mass is 381 g/mol. The smallest absolute Gasteiger partial charge is 0.333 e. The molecule has 9 nitrogen and oxygen atoms in total. The molecule has 0 aliphatic heterocycles. The summed E-state index contributed by atoms with van der Waals surface area (Å²) < 4.78 is 1.75. The van der Waals surface area contributed by atoms with Gasteiger partial charge in [0.1, 0.15) is 6.33 Å². The highest BCUT2D eigenvalue weighted by Gasteiger charge is 2.22. The highest BCUT2D eigenvalue weighted by molar-refractivity contribution is 6.31. The number of nitrogens with one attached hydrogen (secondary N) is 1. The average molecular weight is 382 g/mol. The van der Waals surface area contributed by atoms with Gasteiger partial charge in [-0.25, -0.2) is 19.6 Å². The van der Waals surface area contributed by atoms with Gasteiger partial charge in [0, 0.05) is 5.39 Å². The molecule has 10 heteroatoms. The second kappa shape index (κ2) is 6.61. The summed E-state index contributed by atoms with van der Waals surface area (Å²) in [5.74, 6) is -0.00532. The van der Waals surface area contributed by atoms with Gasteiger partial charge in [0.15, 0.2) is 5.65 Å². The molecule has 0 spiro atoms. The van der Waals surface area contributed by atoms with Crippen LogP contribution in [0.1, 0.15) is 5.69 Å². The van der Waals surface area contributed by atoms with Crippen molar-refractivity contribution in [2.45, 2.75) is 6.92 Å². The minimum atomic E-state index is -0.630. The summed E-state index contributed by atoms with van der Waals surface area (Å²) in [7, 11) is 0. The van der Waals surface area contributed by atoms with Crippen LogP contribution in [0, 0.1) is 17.0 Å². The first-order valence-electron chi connectivity index (χ1n) is 7.87. The molecule has 0 atom stereocenters. The zero-order valence-electron chi connectivity index (χ0n) is 14.0. The van der Waals surface area contributed by atoms with E-state index < -0.39 is 10.6 Å². The van der Waals surface area contributed by atoms with Crippen LogP contribution in [-0.2, 0) is 0 Å². The maximum absolute atomic E-state index is 11.2. The van der Waals surface area contributed by atoms with Crippen molar-refractivity contribution in [3.63, 3.8) is 0 Å². The van der Waals surface area contributed by atoms with Gasteiger partial charge in [-0.1, -0.05) is 29.8 Å². The zero-order valence-corrected chi connectivity index (χ0v) is 14.8. The minimum absolute atomic E-state index is 0.00532. The number of fused-ring (bicyclic) bond motifs is 1. The Kier molecular flexibility index (Phi) is 4.13. The van der Waals surface area contributed by atoms with Crippen molar-refractivity contribution in [3.8, 4) is 5.69 Å². The molecule has 0 aliphatic carbocycles. The fourth-order valence-electron chi connectivity index (χ4n) is 2.71. The molecule has 0 radical (unpaired) electrons. The molecule has 0 saturated carbocycles. The standard InChI is InChI=1S/C17H12ClN7O2/c1-10-13-7-11(22-16-14(25(26)27)15(18)20-9-21-16)8-19-17(13)24(23-10)12-5-3-2-4-6-12/h2-9H,1H3,(H,20,21,22). The van der Waals surface area contributed by atoms with Gasteiger partial charge in [0.05, 0.1) is 28.2 Å². The van der Waals surface area contributed by atoms with Gasteiger partial charge in [0.2, 0.25) is 11.0 Å². The molecule has 134 valence electrons. The van der Waals surface area contributed by atoms with Gasteiger partial charge >= 0.3 is 5.69 Å². The zero-order chi connectivity index (χ0) is 19.0. The predicted octanol–water partition coefficient (Wildman–Crippen LogP) is 3.82. The quantitative estimate of drug-likeness (QED) is 0.325. The number of nitro groups is 1. The minimum Gasteiger partial charge on any atom is -0.333 e. The van der Waals surface area contributed by atoms with Gasteiger partial charge in [-0.2, -0.15) is 5.10 Å². The topological polar surface area (TPSA) is 112 Å². The number of para-hydroxylation sites is 1. The molecule has 1 N–H and O–H groups in total. The van der Waals surface area contributed by atoms with Crippen LogP contribution in [0.4, 0.5) is 17.2 Å². The molecule has 0 fully saturated rings. The lowest BCUT2D eigenvalue weighted by Gasteiger charge is -2.07. The third kappa shape index (κ3) is 3.04. The molecule has 0 saturated heterocycles. The maximum Gasteiger partial charge on any atom is 0.348 e. The summed E-state index contributed by atoms with van der Waals surface area (Å²) >= 11 is 5.82. The third-order valence-corrected chi connectivity index (χ3v) is 4.21. The van der Waals surface area contributed by atoms with Crippen LogP contribution in [0.3, 0.4) is 0 Å². The normalized spacial score (nSPS) is 10.9. The van der Waals surface area contributed by atoms with Crippen LogP contribution in [-0.4, -0.2) is 29.7 Å². The molecule has 0 aliphatic rings. The lowest BCUT2D eigenvalue weighted by atomic mass is 10.2. The molecule has 3 aromatic heterocycles. The molecule has 4 rings (SSSR count). The predicted molar refractivity (Wildman–Crippen MR) is 101 cm³/mol. The van der Waals surface area contributed by atoms with Crippen molar-refractivity contribution in [1.82, 2.24) is 24.7 Å². The fraction of sp³-hybridized carbons (Fsp3) is 0.0588. The number of anilines is 2. The fourth-order valence-corrected chi connectivity index (χ4v) is 2.91. The Morgan fingerprint density at radius 1 is 1.19 bits per heavy atom. The molecule has 1 aromatic carbocycles. The summed E-state index contributed by atoms with van der Waals surface area (Å²) in [5, 5.41) is 19.2. The third-order valence-electron chi connectivity index (χ3n) is 3.93. The van der Waals surface area contributed by atoms with Crippen LogP contribution < -0.4 is 5.32 Å². The van der Waals surface area contributed by atoms with E-state index in [-0.39, 0.29) is 11.0 Å². The number of aromatic nitrogens is 5. The van der Waals surface area contributed by atoms with Crippen molar-refractivity contribution in [2.24, 2.45) is 0 Å². The lowest BCUT2D eigenvalue weighted by Crippen LogP contribution is -2.02. The number of rotatable bonds is 4. The summed E-state index contributed by atoms with van der Waals surface area (Å²) in [6, 6.07) is 11.5. The summed E-state index contributed by atoms with van der Waals surface area (Å²) in [4.78, 5) is 22.6. The molecule has 4 aromatic rings. The summed E-state index contributed by atoms with van der Waals surface area (Å²) in [6.45, 7) is 1.87. The van der Waals surface area contributed by atoms with E-state index in [0.717, 1.165) is 23.1 Å². The average Bonchev–Trinajstić information content (AvgIpc) is 2.98. The Balaban J connectivity index is 1.77. The lowest BCUT2D eigenvalue weighted by molar-refractivity contribution is -0.384. The van der Waals surface area contributed by atoms with E-state index in [0.29, 0.717) is 11.3 Å². The van der Waals surface area contributed by atoms with Crippen LogP contribution in [0.15, 0.2) is 48.9 Å². The van der Waals surface area contributed by atoms with E-state index in [9.17, 15) is 10.1 Å². The number of halogens is 1. The Bertz CT molecular complexity index is 1160. The van der Waals surface area contributed by atoms with E-state index in [1.807, 2.05) is 43.3 Å². The Labute approximate surface area is 157 Å². The van der Waals surface area contributed by atoms with E-state index in [1.165, 1.54) is 0 Å². The number of aryl methyl sites for hydroxylation is 1. The molecule has 0 bridgehead atoms. The largest absolute Gasteiger partial charge is 0.348 e. The number of hydrogen-bond acceptors (Lipinski definition) is 7. The highest BCUT2D eigenvalue weighted by atomic mass is 35.5. The van der Waals surface area contributed by atoms with Crippen LogP contribution >= 0.6 is 11.6 Å². The SMILES string of the molecule is Cc1nn(-c2ccccc2)c2ncc(Nc3ncnc(Cl)c3[N+](=O)[O-])cc12. The van der Waals surface area contributed by atoms with Crippen molar-refractivity contribution in [2.75, 3.05) is 5.32 Å². The van der Waals surface area contributed by atoms with Crippen molar-refractivity contribution in [1.29, 1.82) is 0 Å². The van der Waals surface area contributed by atoms with Gasteiger partial charge in [-0.05, 0) is 25.1 Å². The van der Waals surface area contributed by atoms with Crippen LogP contribution in [0.5, 0.6) is 0 Å². The van der Waals surface area contributed by atoms with Crippen LogP contribution in [0.25, 0.3) is 16.7 Å². The highest BCUT2D eigenvalue weighted by Crippen LogP contribution is 2.31. The molecule has 3 heterocycles. The second-order valence-electron chi connectivity index (χ2n) is 5.67. The van der Waals surface area contributed by atoms with Crippen LogP contribution in [0.2, 0.25) is 5.15 Å². The first-order valence-corrected chi connectivity index (χ1v) is 8.25. The van der Waals surface area contributed by atoms with E-state index in [2.05, 4.69) is 25.4 Å². The summed E-state index contributed by atoms with van der Waals surface area (Å²) in [6.07, 6.45) is 2.71. The maximum atomic E-state index is 11.2. The van der Waals surface area contributed by atoms with Gasteiger partial charge in [-0.15, -0.1) is 0 Å². The van der Waals surface area contributed by atoms with E-state index >= 15 is 0 Å². The van der Waals surface area contributed by atoms with Crippen molar-refractivity contribution >= 4 is 39.8 Å². The second-order valence-corrected chi connectivity index (χ2v) is 6.03. The molecule has 27 heavy (non-hydrogen) atoms. The van der Waals surface area contributed by atoms with Crippen molar-refractivity contribution in [3.05, 3.63) is 69.9 Å². The van der Waals surface area contributed by atoms with E-state index in [4.69, 9.17) is 11.6 Å². The molecule has 0 amide bonds. The van der Waals surface area contributed by atoms with Gasteiger partial charge in [0.25, 0.3) is 0 Å². The van der Waals surface area contributed by atoms with Gasteiger partial charge in [-0.3, -0.25) is 10.1 Å². The Hall–Kier alpha value is -3.59. The summed E-state index contributed by atoms with van der Waals surface area (Å²) in [5.41, 5.74) is 2.48. The number of pyridine rings is 1. The Morgan fingerprint density at radius 2 is 1.96 bits per heavy atom. The number of nitrogens with zero attached hydrogens (tertiary/aromatic N) is 6. The first-order chi connectivity index (χ1) is 13.0. The molecular formula is C17H12ClN7O2. The molecular weight excluding hydrogens is 370 g/mol. The first kappa shape index (κ1) is 16.9. The molecule has 0 unspecified atom stereocenters. The Morgan fingerprint density at radius 3 is 2.70 bits per heavy atom. The number of hydrogen-bond donors (Lipinski definition) is 1. The van der Waals surface area contributed by atoms with E-state index in [1.54, 1.807) is 10.9 Å². The van der Waals surface area contributed by atoms with Gasteiger partial charge < -0.3 is 5.32 Å². The van der Waals surface area contributed by atoms with Crippen molar-refractivity contribution < 1.29 is 4.92 Å².